The van der Waals surface area contributed by atoms with Crippen LogP contribution in [0.5, 0.6) is 0 Å². The summed E-state index contributed by atoms with van der Waals surface area (Å²) in [7, 11) is 0. The zero-order chi connectivity index (χ0) is 37.4. The molecule has 0 amide bonds. The van der Waals surface area contributed by atoms with Crippen molar-refractivity contribution in [1.29, 1.82) is 0 Å². The second-order valence-corrected chi connectivity index (χ2v) is 14.1. The van der Waals surface area contributed by atoms with Crippen LogP contribution in [0.3, 0.4) is 0 Å². The predicted molar refractivity (Wildman–Crippen MR) is 236 cm³/mol. The highest BCUT2D eigenvalue weighted by molar-refractivity contribution is 6.15. The molecular formula is C53H37NO2. The van der Waals surface area contributed by atoms with Crippen LogP contribution in [0.2, 0.25) is 0 Å². The van der Waals surface area contributed by atoms with Crippen LogP contribution in [0.1, 0.15) is 12.0 Å². The predicted octanol–water partition coefficient (Wildman–Crippen LogP) is 15.3. The number of nitrogens with zero attached hydrogens (tertiary/aromatic N) is 1. The van der Waals surface area contributed by atoms with Crippen LogP contribution in [0, 0.1) is 0 Å². The molecule has 56 heavy (non-hydrogen) atoms. The average molecular weight is 720 g/mol. The molecule has 7 aromatic carbocycles. The molecule has 0 saturated carbocycles. The van der Waals surface area contributed by atoms with Gasteiger partial charge in [0.15, 0.2) is 5.58 Å². The van der Waals surface area contributed by atoms with Crippen molar-refractivity contribution in [2.75, 3.05) is 4.90 Å². The average Bonchev–Trinajstić information content (AvgIpc) is 3.83. The Kier molecular flexibility index (Phi) is 8.38. The van der Waals surface area contributed by atoms with Gasteiger partial charge in [0.05, 0.1) is 11.4 Å². The molecule has 10 rings (SSSR count). The van der Waals surface area contributed by atoms with Crippen LogP contribution in [0.4, 0.5) is 17.1 Å². The first-order valence-corrected chi connectivity index (χ1v) is 19.0. The summed E-state index contributed by atoms with van der Waals surface area (Å²) < 4.78 is 13.1. The highest BCUT2D eigenvalue weighted by Crippen LogP contribution is 2.47. The Balaban J connectivity index is 1.13. The van der Waals surface area contributed by atoms with E-state index in [9.17, 15) is 0 Å². The van der Waals surface area contributed by atoms with Crippen LogP contribution >= 0.6 is 0 Å². The molecule has 0 unspecified atom stereocenters. The van der Waals surface area contributed by atoms with E-state index < -0.39 is 0 Å². The largest absolute Gasteiger partial charge is 0.456 e. The standard InChI is InChI=1S/C53H37NO2/c1-36-17-6-4-2-3-5-7-20-41(36)39-19-14-18-38(35-39)37-31-33-40(34-32-37)54(48-27-15-25-45-43-22-9-12-28-49(43)56-53(45)48)47-26-11-8-21-42(47)44-24-16-30-51-52(44)46-23-10-13-29-50(46)55-51/h2,4-35H,1,3H2/b4-2-,7-5-,17-6-,41-20+. The van der Waals surface area contributed by atoms with Gasteiger partial charge in [-0.2, -0.15) is 0 Å². The van der Waals surface area contributed by atoms with E-state index in [1.807, 2.05) is 24.3 Å². The molecule has 1 aliphatic carbocycles. The number of anilines is 3. The van der Waals surface area contributed by atoms with Gasteiger partial charge in [-0.1, -0.05) is 158 Å². The van der Waals surface area contributed by atoms with Crippen LogP contribution in [-0.2, 0) is 0 Å². The van der Waals surface area contributed by atoms with Gasteiger partial charge in [-0.25, -0.2) is 0 Å². The van der Waals surface area contributed by atoms with Crippen molar-refractivity contribution < 1.29 is 8.83 Å². The maximum absolute atomic E-state index is 6.69. The number of furan rings is 2. The molecule has 0 atom stereocenters. The zero-order valence-electron chi connectivity index (χ0n) is 30.7. The van der Waals surface area contributed by atoms with E-state index in [1.165, 1.54) is 0 Å². The van der Waals surface area contributed by atoms with Gasteiger partial charge in [-0.3, -0.25) is 0 Å². The lowest BCUT2D eigenvalue weighted by Crippen LogP contribution is -2.11. The third-order valence-electron chi connectivity index (χ3n) is 10.7. The van der Waals surface area contributed by atoms with Gasteiger partial charge in [-0.15, -0.1) is 0 Å². The van der Waals surface area contributed by atoms with Gasteiger partial charge < -0.3 is 13.7 Å². The SMILES string of the molecule is C=C1/C=C\C=C/C/C=C\C=C/1c1cccc(-c2ccc(N(c3ccccc3-c3cccc4oc5ccccc5c34)c3cccc4c3oc3ccccc34)cc2)c1. The monoisotopic (exact) mass is 719 g/mol. The minimum atomic E-state index is 0.838. The fourth-order valence-electron chi connectivity index (χ4n) is 8.01. The Morgan fingerprint density at radius 3 is 2.04 bits per heavy atom. The van der Waals surface area contributed by atoms with Gasteiger partial charge >= 0.3 is 0 Å². The van der Waals surface area contributed by atoms with Gasteiger partial charge in [0.25, 0.3) is 0 Å². The molecule has 266 valence electrons. The van der Waals surface area contributed by atoms with E-state index in [2.05, 4.69) is 187 Å². The summed E-state index contributed by atoms with van der Waals surface area (Å²) in [6.07, 6.45) is 15.7. The Labute approximate surface area is 325 Å². The van der Waals surface area contributed by atoms with Crippen LogP contribution in [-0.4, -0.2) is 0 Å². The molecule has 2 aromatic heterocycles. The minimum absolute atomic E-state index is 0.838. The summed E-state index contributed by atoms with van der Waals surface area (Å²) in [5.41, 5.74) is 14.1. The molecule has 0 bridgehead atoms. The molecule has 3 heteroatoms. The zero-order valence-corrected chi connectivity index (χ0v) is 30.7. The second kappa shape index (κ2) is 14.1. The van der Waals surface area contributed by atoms with Gasteiger partial charge in [0.2, 0.25) is 0 Å². The molecule has 0 N–H and O–H groups in total. The number of rotatable bonds is 6. The second-order valence-electron chi connectivity index (χ2n) is 14.1. The Morgan fingerprint density at radius 2 is 1.14 bits per heavy atom. The first kappa shape index (κ1) is 33.2. The van der Waals surface area contributed by atoms with E-state index in [0.29, 0.717) is 0 Å². The summed E-state index contributed by atoms with van der Waals surface area (Å²) in [4.78, 5) is 2.34. The highest BCUT2D eigenvalue weighted by Gasteiger charge is 2.23. The summed E-state index contributed by atoms with van der Waals surface area (Å²) in [6, 6.07) is 55.5. The van der Waals surface area contributed by atoms with Crippen molar-refractivity contribution >= 4 is 66.5 Å². The number of hydrogen-bond acceptors (Lipinski definition) is 3. The maximum atomic E-state index is 6.69. The summed E-state index contributed by atoms with van der Waals surface area (Å²) in [6.45, 7) is 4.39. The number of para-hydroxylation sites is 4. The fourth-order valence-corrected chi connectivity index (χ4v) is 8.01. The van der Waals surface area contributed by atoms with E-state index in [1.54, 1.807) is 0 Å². The van der Waals surface area contributed by atoms with Gasteiger partial charge in [0.1, 0.15) is 16.7 Å². The van der Waals surface area contributed by atoms with Crippen molar-refractivity contribution in [3.8, 4) is 22.3 Å². The number of hydrogen-bond donors (Lipinski definition) is 0. The van der Waals surface area contributed by atoms with Crippen LogP contribution in [0.15, 0.2) is 221 Å². The first-order chi connectivity index (χ1) is 27.7. The van der Waals surface area contributed by atoms with Crippen LogP contribution < -0.4 is 4.90 Å². The fraction of sp³-hybridized carbons (Fsp3) is 0.0189. The molecule has 9 aromatic rings. The molecule has 2 heterocycles. The van der Waals surface area contributed by atoms with E-state index in [-0.39, 0.29) is 0 Å². The number of benzene rings is 7. The molecule has 0 spiro atoms. The highest BCUT2D eigenvalue weighted by atomic mass is 16.3. The molecule has 0 saturated heterocycles. The number of fused-ring (bicyclic) bond motifs is 6. The summed E-state index contributed by atoms with van der Waals surface area (Å²) in [5.74, 6) is 0. The van der Waals surface area contributed by atoms with Crippen LogP contribution in [0.25, 0.3) is 71.7 Å². The quantitative estimate of drug-likeness (QED) is 0.171. The van der Waals surface area contributed by atoms with E-state index in [4.69, 9.17) is 8.83 Å². The molecule has 0 aliphatic heterocycles. The molecule has 3 nitrogen and oxygen atoms in total. The lowest BCUT2D eigenvalue weighted by molar-refractivity contribution is 0.668. The molecule has 1 aliphatic rings. The van der Waals surface area contributed by atoms with Crippen molar-refractivity contribution in [2.24, 2.45) is 0 Å². The third-order valence-corrected chi connectivity index (χ3v) is 10.7. The molecule has 0 radical (unpaired) electrons. The van der Waals surface area contributed by atoms with Gasteiger partial charge in [-0.05, 0) is 88.4 Å². The minimum Gasteiger partial charge on any atom is -0.456 e. The summed E-state index contributed by atoms with van der Waals surface area (Å²) >= 11 is 0. The van der Waals surface area contributed by atoms with Crippen molar-refractivity contribution in [3.63, 3.8) is 0 Å². The van der Waals surface area contributed by atoms with Gasteiger partial charge in [0, 0.05) is 32.8 Å². The van der Waals surface area contributed by atoms with E-state index >= 15 is 0 Å². The smallest absolute Gasteiger partial charge is 0.159 e. The Bertz CT molecular complexity index is 3070. The van der Waals surface area contributed by atoms with Crippen molar-refractivity contribution in [2.45, 2.75) is 6.42 Å². The summed E-state index contributed by atoms with van der Waals surface area (Å²) in [5, 5.41) is 4.37. The first-order valence-electron chi connectivity index (χ1n) is 19.0. The topological polar surface area (TPSA) is 29.5 Å². The number of allylic oxidation sites excluding steroid dienone is 9. The third kappa shape index (κ3) is 5.87. The Morgan fingerprint density at radius 1 is 0.482 bits per heavy atom. The van der Waals surface area contributed by atoms with Crippen molar-refractivity contribution in [1.82, 2.24) is 0 Å². The normalized spacial score (nSPS) is 15.9. The lowest BCUT2D eigenvalue weighted by Gasteiger charge is -2.28. The van der Waals surface area contributed by atoms with Crippen molar-refractivity contribution in [3.05, 3.63) is 218 Å². The molecular weight excluding hydrogens is 683 g/mol. The van der Waals surface area contributed by atoms with E-state index in [0.717, 1.165) is 106 Å². The Hall–Kier alpha value is -7.36. The molecule has 0 fully saturated rings. The lowest BCUT2D eigenvalue weighted by atomic mass is 9.94. The maximum Gasteiger partial charge on any atom is 0.159 e.